The van der Waals surface area contributed by atoms with E-state index in [2.05, 4.69) is 17.4 Å². The van der Waals surface area contributed by atoms with Gasteiger partial charge in [-0.15, -0.1) is 0 Å². The van der Waals surface area contributed by atoms with Gasteiger partial charge in [0.25, 0.3) is 0 Å². The number of nitrogens with zero attached hydrogens (tertiary/aromatic N) is 1. The van der Waals surface area contributed by atoms with Crippen LogP contribution in [0.1, 0.15) is 50.7 Å². The molecule has 2 fully saturated rings. The Hall–Kier alpha value is -1.88. The topological polar surface area (TPSA) is 58.6 Å². The number of ether oxygens (including phenoxy) is 1. The van der Waals surface area contributed by atoms with Crippen molar-refractivity contribution in [1.29, 1.82) is 0 Å². The van der Waals surface area contributed by atoms with Crippen molar-refractivity contribution < 1.29 is 14.3 Å². The summed E-state index contributed by atoms with van der Waals surface area (Å²) in [5.41, 5.74) is 1.17. The maximum Gasteiger partial charge on any atom is 0.225 e. The van der Waals surface area contributed by atoms with E-state index in [1.165, 1.54) is 5.56 Å². The summed E-state index contributed by atoms with van der Waals surface area (Å²) >= 11 is 0. The molecule has 26 heavy (non-hydrogen) atoms. The minimum atomic E-state index is 0.0439. The SMILES string of the molecule is CC(OCCCNC(=O)C1CCN(C(=O)C2CC2)CC1)c1ccccc1. The van der Waals surface area contributed by atoms with Crippen LogP contribution >= 0.6 is 0 Å². The molecule has 1 aromatic carbocycles. The third kappa shape index (κ3) is 5.31. The van der Waals surface area contributed by atoms with Crippen molar-refractivity contribution in [3.05, 3.63) is 35.9 Å². The summed E-state index contributed by atoms with van der Waals surface area (Å²) in [5.74, 6) is 0.745. The largest absolute Gasteiger partial charge is 0.374 e. The Bertz CT molecular complexity index is 593. The van der Waals surface area contributed by atoms with Gasteiger partial charge in [-0.25, -0.2) is 0 Å². The molecule has 1 atom stereocenters. The lowest BCUT2D eigenvalue weighted by atomic mass is 9.95. The number of carbonyl (C=O) groups excluding carboxylic acids is 2. The van der Waals surface area contributed by atoms with E-state index in [1.54, 1.807) is 0 Å². The lowest BCUT2D eigenvalue weighted by Gasteiger charge is -2.31. The third-order valence-electron chi connectivity index (χ3n) is 5.36. The number of amides is 2. The minimum absolute atomic E-state index is 0.0439. The number of likely N-dealkylation sites (tertiary alicyclic amines) is 1. The fourth-order valence-electron chi connectivity index (χ4n) is 3.46. The van der Waals surface area contributed by atoms with E-state index in [0.29, 0.717) is 19.1 Å². The number of carbonyl (C=O) groups is 2. The quantitative estimate of drug-likeness (QED) is 0.727. The molecule has 1 aliphatic heterocycles. The molecule has 1 aliphatic carbocycles. The van der Waals surface area contributed by atoms with Crippen LogP contribution in [0.4, 0.5) is 0 Å². The van der Waals surface area contributed by atoms with Gasteiger partial charge >= 0.3 is 0 Å². The van der Waals surface area contributed by atoms with E-state index in [-0.39, 0.29) is 23.8 Å². The fraction of sp³-hybridized carbons (Fsp3) is 0.619. The van der Waals surface area contributed by atoms with Gasteiger partial charge in [0.05, 0.1) is 6.10 Å². The second-order valence-corrected chi connectivity index (χ2v) is 7.44. The van der Waals surface area contributed by atoms with Crippen molar-refractivity contribution in [2.24, 2.45) is 11.8 Å². The molecule has 1 heterocycles. The van der Waals surface area contributed by atoms with Gasteiger partial charge in [0.1, 0.15) is 0 Å². The van der Waals surface area contributed by atoms with Gasteiger partial charge < -0.3 is 15.0 Å². The van der Waals surface area contributed by atoms with Gasteiger partial charge in [-0.05, 0) is 44.6 Å². The van der Waals surface area contributed by atoms with Crippen LogP contribution < -0.4 is 5.32 Å². The zero-order valence-corrected chi connectivity index (χ0v) is 15.7. The first-order valence-electron chi connectivity index (χ1n) is 9.88. The van der Waals surface area contributed by atoms with Gasteiger partial charge in [0, 0.05) is 38.1 Å². The molecule has 2 amide bonds. The Morgan fingerprint density at radius 2 is 1.81 bits per heavy atom. The van der Waals surface area contributed by atoms with Crippen molar-refractivity contribution in [3.8, 4) is 0 Å². The first-order chi connectivity index (χ1) is 12.6. The number of nitrogens with one attached hydrogen (secondary N) is 1. The van der Waals surface area contributed by atoms with Crippen molar-refractivity contribution in [2.75, 3.05) is 26.2 Å². The van der Waals surface area contributed by atoms with Crippen LogP contribution in [0.2, 0.25) is 0 Å². The maximum absolute atomic E-state index is 12.3. The highest BCUT2D eigenvalue weighted by molar-refractivity contribution is 5.82. The highest BCUT2D eigenvalue weighted by Crippen LogP contribution is 2.32. The molecule has 0 aromatic heterocycles. The van der Waals surface area contributed by atoms with Crippen molar-refractivity contribution in [1.82, 2.24) is 10.2 Å². The van der Waals surface area contributed by atoms with Crippen LogP contribution in [0.3, 0.4) is 0 Å². The molecule has 1 aromatic rings. The summed E-state index contributed by atoms with van der Waals surface area (Å²) in [6.45, 7) is 4.77. The van der Waals surface area contributed by atoms with Crippen LogP contribution in [0.5, 0.6) is 0 Å². The summed E-state index contributed by atoms with van der Waals surface area (Å²) in [6, 6.07) is 10.1. The zero-order chi connectivity index (χ0) is 18.4. The van der Waals surface area contributed by atoms with Gasteiger partial charge in [-0.3, -0.25) is 9.59 Å². The zero-order valence-electron chi connectivity index (χ0n) is 15.7. The predicted molar refractivity (Wildman–Crippen MR) is 100 cm³/mol. The Labute approximate surface area is 156 Å². The normalized spacial score (nSPS) is 19.2. The van der Waals surface area contributed by atoms with E-state index >= 15 is 0 Å². The summed E-state index contributed by atoms with van der Waals surface area (Å²) in [7, 11) is 0. The molecule has 1 N–H and O–H groups in total. The Balaban J connectivity index is 1.27. The van der Waals surface area contributed by atoms with E-state index in [0.717, 1.165) is 45.2 Å². The summed E-state index contributed by atoms with van der Waals surface area (Å²) < 4.78 is 5.83. The molecule has 5 nitrogen and oxygen atoms in total. The van der Waals surface area contributed by atoms with Crippen molar-refractivity contribution in [3.63, 3.8) is 0 Å². The molecule has 0 bridgehead atoms. The number of hydrogen-bond donors (Lipinski definition) is 1. The molecule has 1 unspecified atom stereocenters. The smallest absolute Gasteiger partial charge is 0.225 e. The van der Waals surface area contributed by atoms with E-state index < -0.39 is 0 Å². The maximum atomic E-state index is 12.3. The van der Waals surface area contributed by atoms with Crippen LogP contribution in [0.15, 0.2) is 30.3 Å². The number of benzene rings is 1. The summed E-state index contributed by atoms with van der Waals surface area (Å²) in [6.07, 6.45) is 4.54. The lowest BCUT2D eigenvalue weighted by molar-refractivity contribution is -0.136. The van der Waals surface area contributed by atoms with Crippen LogP contribution in [-0.4, -0.2) is 43.0 Å². The molecule has 0 radical (unpaired) electrons. The highest BCUT2D eigenvalue weighted by Gasteiger charge is 2.35. The predicted octanol–water partition coefficient (Wildman–Crippen LogP) is 2.92. The van der Waals surface area contributed by atoms with Gasteiger partial charge in [0.15, 0.2) is 0 Å². The van der Waals surface area contributed by atoms with Crippen LogP contribution in [-0.2, 0) is 14.3 Å². The third-order valence-corrected chi connectivity index (χ3v) is 5.36. The second-order valence-electron chi connectivity index (χ2n) is 7.44. The molecule has 142 valence electrons. The first-order valence-corrected chi connectivity index (χ1v) is 9.88. The van der Waals surface area contributed by atoms with Crippen molar-refractivity contribution >= 4 is 11.8 Å². The molecule has 3 rings (SSSR count). The standard InChI is InChI=1S/C21H30N2O3/c1-16(17-6-3-2-4-7-17)26-15-5-12-22-20(24)18-10-13-23(14-11-18)21(25)19-8-9-19/h2-4,6-7,16,18-19H,5,8-15H2,1H3,(H,22,24). The average Bonchev–Trinajstić information content (AvgIpc) is 3.53. The van der Waals surface area contributed by atoms with Gasteiger partial charge in [-0.2, -0.15) is 0 Å². The Kier molecular flexibility index (Phi) is 6.67. The van der Waals surface area contributed by atoms with E-state index in [1.807, 2.05) is 30.0 Å². The number of rotatable bonds is 8. The van der Waals surface area contributed by atoms with Crippen LogP contribution in [0.25, 0.3) is 0 Å². The average molecular weight is 358 g/mol. The second kappa shape index (κ2) is 9.17. The molecule has 0 spiro atoms. The van der Waals surface area contributed by atoms with E-state index in [9.17, 15) is 9.59 Å². The molecule has 1 saturated carbocycles. The van der Waals surface area contributed by atoms with Crippen LogP contribution in [0, 0.1) is 11.8 Å². The molecule has 2 aliphatic rings. The fourth-order valence-corrected chi connectivity index (χ4v) is 3.46. The Morgan fingerprint density at radius 3 is 2.46 bits per heavy atom. The summed E-state index contributed by atoms with van der Waals surface area (Å²) in [5, 5.41) is 3.02. The number of hydrogen-bond acceptors (Lipinski definition) is 3. The van der Waals surface area contributed by atoms with Crippen molar-refractivity contribution in [2.45, 2.75) is 45.1 Å². The molecule has 1 saturated heterocycles. The number of piperidine rings is 1. The summed E-state index contributed by atoms with van der Waals surface area (Å²) in [4.78, 5) is 26.3. The highest BCUT2D eigenvalue weighted by atomic mass is 16.5. The molecular formula is C21H30N2O3. The monoisotopic (exact) mass is 358 g/mol. The molecule has 5 heteroatoms. The Morgan fingerprint density at radius 1 is 1.12 bits per heavy atom. The lowest BCUT2D eigenvalue weighted by Crippen LogP contribution is -2.43. The molecular weight excluding hydrogens is 328 g/mol. The first kappa shape index (κ1) is 18.9. The van der Waals surface area contributed by atoms with Gasteiger partial charge in [0.2, 0.25) is 11.8 Å². The van der Waals surface area contributed by atoms with Gasteiger partial charge in [-0.1, -0.05) is 30.3 Å². The minimum Gasteiger partial charge on any atom is -0.374 e. The van der Waals surface area contributed by atoms with E-state index in [4.69, 9.17) is 4.74 Å².